The third-order valence-electron chi connectivity index (χ3n) is 3.77. The van der Waals surface area contributed by atoms with Gasteiger partial charge in [0.15, 0.2) is 5.96 Å². The van der Waals surface area contributed by atoms with Gasteiger partial charge in [0.2, 0.25) is 5.91 Å². The largest absolute Gasteiger partial charge is 0.469 e. The first kappa shape index (κ1) is 19.6. The normalized spacial score (nSPS) is 11.2. The minimum atomic E-state index is -0.00763. The Hall–Kier alpha value is -2.76. The molecule has 1 aromatic carbocycles. The number of benzene rings is 1. The highest BCUT2D eigenvalue weighted by atomic mass is 16.3. The predicted octanol–water partition coefficient (Wildman–Crippen LogP) is 2.13. The Bertz CT molecular complexity index is 654. The molecule has 0 aliphatic heterocycles. The zero-order valence-corrected chi connectivity index (χ0v) is 15.3. The number of guanidine groups is 1. The van der Waals surface area contributed by atoms with E-state index in [1.165, 1.54) is 12.5 Å². The Morgan fingerprint density at radius 2 is 1.73 bits per heavy atom. The molecular formula is C20H28N4O2. The fourth-order valence-electron chi connectivity index (χ4n) is 2.44. The van der Waals surface area contributed by atoms with E-state index in [1.807, 2.05) is 30.3 Å². The highest BCUT2D eigenvalue weighted by Crippen LogP contribution is 2.00. The molecule has 0 saturated carbocycles. The molecule has 1 amide bonds. The van der Waals surface area contributed by atoms with Crippen LogP contribution in [0.4, 0.5) is 0 Å². The van der Waals surface area contributed by atoms with Crippen molar-refractivity contribution in [2.24, 2.45) is 4.99 Å². The van der Waals surface area contributed by atoms with Crippen molar-refractivity contribution in [3.05, 3.63) is 60.1 Å². The molecule has 1 aromatic heterocycles. The summed E-state index contributed by atoms with van der Waals surface area (Å²) >= 11 is 0. The van der Waals surface area contributed by atoms with Gasteiger partial charge in [-0.1, -0.05) is 30.3 Å². The molecule has 0 radical (unpaired) electrons. The van der Waals surface area contributed by atoms with Gasteiger partial charge in [0.25, 0.3) is 0 Å². The summed E-state index contributed by atoms with van der Waals surface area (Å²) in [5, 5.41) is 9.49. The maximum Gasteiger partial charge on any atom is 0.216 e. The van der Waals surface area contributed by atoms with Crippen LogP contribution < -0.4 is 16.0 Å². The second-order valence-electron chi connectivity index (χ2n) is 5.99. The van der Waals surface area contributed by atoms with Gasteiger partial charge in [0, 0.05) is 39.5 Å². The monoisotopic (exact) mass is 356 g/mol. The van der Waals surface area contributed by atoms with Crippen molar-refractivity contribution < 1.29 is 9.21 Å². The second kappa shape index (κ2) is 11.7. The van der Waals surface area contributed by atoms with E-state index < -0.39 is 0 Å². The van der Waals surface area contributed by atoms with E-state index in [0.29, 0.717) is 13.1 Å². The van der Waals surface area contributed by atoms with E-state index in [0.717, 1.165) is 44.1 Å². The van der Waals surface area contributed by atoms with E-state index in [-0.39, 0.29) is 5.91 Å². The van der Waals surface area contributed by atoms with Gasteiger partial charge < -0.3 is 20.4 Å². The quantitative estimate of drug-likeness (QED) is 0.346. The van der Waals surface area contributed by atoms with Gasteiger partial charge >= 0.3 is 0 Å². The molecule has 3 N–H and O–H groups in total. The maximum absolute atomic E-state index is 10.9. The van der Waals surface area contributed by atoms with Crippen LogP contribution in [-0.4, -0.2) is 38.0 Å². The van der Waals surface area contributed by atoms with Crippen LogP contribution in [0, 0.1) is 0 Å². The van der Waals surface area contributed by atoms with Crippen LogP contribution in [-0.2, 0) is 17.6 Å². The number of hydrogen-bond acceptors (Lipinski definition) is 3. The van der Waals surface area contributed by atoms with Crippen molar-refractivity contribution in [3.8, 4) is 0 Å². The highest BCUT2D eigenvalue weighted by molar-refractivity contribution is 5.79. The van der Waals surface area contributed by atoms with Crippen LogP contribution >= 0.6 is 0 Å². The maximum atomic E-state index is 10.9. The van der Waals surface area contributed by atoms with E-state index in [4.69, 9.17) is 4.42 Å². The van der Waals surface area contributed by atoms with Gasteiger partial charge in [0.1, 0.15) is 5.76 Å². The average molecular weight is 356 g/mol. The fourth-order valence-corrected chi connectivity index (χ4v) is 2.44. The van der Waals surface area contributed by atoms with Crippen molar-refractivity contribution in [2.75, 3.05) is 26.2 Å². The molecule has 0 unspecified atom stereocenters. The molecule has 0 bridgehead atoms. The molecule has 0 spiro atoms. The number of furan rings is 1. The smallest absolute Gasteiger partial charge is 0.216 e. The first-order valence-corrected chi connectivity index (χ1v) is 9.07. The zero-order chi connectivity index (χ0) is 18.5. The topological polar surface area (TPSA) is 78.7 Å². The van der Waals surface area contributed by atoms with Crippen LogP contribution in [0.25, 0.3) is 0 Å². The molecule has 0 aliphatic carbocycles. The number of hydrogen-bond donors (Lipinski definition) is 3. The van der Waals surface area contributed by atoms with Gasteiger partial charge in [-0.05, 0) is 30.5 Å². The Kier molecular flexibility index (Phi) is 8.83. The SMILES string of the molecule is CC(=O)NCCCN=C(NCCc1ccccc1)NCCc1ccco1. The zero-order valence-electron chi connectivity index (χ0n) is 15.3. The van der Waals surface area contributed by atoms with Gasteiger partial charge in [-0.25, -0.2) is 0 Å². The van der Waals surface area contributed by atoms with Crippen molar-refractivity contribution in [1.82, 2.24) is 16.0 Å². The van der Waals surface area contributed by atoms with Gasteiger partial charge in [0.05, 0.1) is 6.26 Å². The van der Waals surface area contributed by atoms with E-state index in [2.05, 4.69) is 33.1 Å². The summed E-state index contributed by atoms with van der Waals surface area (Å²) in [6.07, 6.45) is 4.23. The van der Waals surface area contributed by atoms with Crippen molar-refractivity contribution in [2.45, 2.75) is 26.2 Å². The molecule has 6 nitrogen and oxygen atoms in total. The lowest BCUT2D eigenvalue weighted by molar-refractivity contribution is -0.118. The molecule has 2 rings (SSSR count). The summed E-state index contributed by atoms with van der Waals surface area (Å²) in [5.74, 6) is 1.73. The van der Waals surface area contributed by atoms with Crippen molar-refractivity contribution in [1.29, 1.82) is 0 Å². The van der Waals surface area contributed by atoms with Crippen LogP contribution in [0.3, 0.4) is 0 Å². The Balaban J connectivity index is 1.75. The number of amides is 1. The van der Waals surface area contributed by atoms with Crippen LogP contribution in [0.5, 0.6) is 0 Å². The van der Waals surface area contributed by atoms with Crippen molar-refractivity contribution >= 4 is 11.9 Å². The summed E-state index contributed by atoms with van der Waals surface area (Å²) in [4.78, 5) is 15.5. The summed E-state index contributed by atoms with van der Waals surface area (Å²) in [7, 11) is 0. The molecule has 140 valence electrons. The van der Waals surface area contributed by atoms with Crippen LogP contribution in [0.2, 0.25) is 0 Å². The standard InChI is InChI=1S/C20H28N4O2/c1-17(25)21-12-6-13-22-20(24-15-11-19-9-5-16-26-19)23-14-10-18-7-3-2-4-8-18/h2-5,7-9,16H,6,10-15H2,1H3,(H,21,25)(H2,22,23,24). The molecule has 26 heavy (non-hydrogen) atoms. The van der Waals surface area contributed by atoms with Gasteiger partial charge in [-0.15, -0.1) is 0 Å². The summed E-state index contributed by atoms with van der Waals surface area (Å²) < 4.78 is 5.35. The van der Waals surface area contributed by atoms with Crippen molar-refractivity contribution in [3.63, 3.8) is 0 Å². The minimum absolute atomic E-state index is 0.00763. The Labute approximate surface area is 155 Å². The lowest BCUT2D eigenvalue weighted by atomic mass is 10.1. The number of carbonyl (C=O) groups is 1. The van der Waals surface area contributed by atoms with Gasteiger partial charge in [-0.3, -0.25) is 9.79 Å². The first-order chi connectivity index (χ1) is 12.7. The fraction of sp³-hybridized carbons (Fsp3) is 0.400. The number of rotatable bonds is 10. The number of aliphatic imine (C=N–C) groups is 1. The lowest BCUT2D eigenvalue weighted by Gasteiger charge is -2.12. The summed E-state index contributed by atoms with van der Waals surface area (Å²) in [5.41, 5.74) is 1.29. The van der Waals surface area contributed by atoms with E-state index >= 15 is 0 Å². The molecule has 6 heteroatoms. The van der Waals surface area contributed by atoms with Gasteiger partial charge in [-0.2, -0.15) is 0 Å². The third kappa shape index (κ3) is 8.37. The van der Waals surface area contributed by atoms with Crippen LogP contribution in [0.1, 0.15) is 24.7 Å². The van der Waals surface area contributed by atoms with E-state index in [9.17, 15) is 4.79 Å². The molecule has 2 aromatic rings. The molecule has 0 fully saturated rings. The molecule has 0 aliphatic rings. The molecular weight excluding hydrogens is 328 g/mol. The Morgan fingerprint density at radius 1 is 0.962 bits per heavy atom. The highest BCUT2D eigenvalue weighted by Gasteiger charge is 2.01. The number of nitrogens with one attached hydrogen (secondary N) is 3. The molecule has 0 saturated heterocycles. The first-order valence-electron chi connectivity index (χ1n) is 9.07. The predicted molar refractivity (Wildman–Crippen MR) is 104 cm³/mol. The van der Waals surface area contributed by atoms with Crippen LogP contribution in [0.15, 0.2) is 58.1 Å². The average Bonchev–Trinajstić information content (AvgIpc) is 3.15. The van der Waals surface area contributed by atoms with E-state index in [1.54, 1.807) is 6.26 Å². The minimum Gasteiger partial charge on any atom is -0.469 e. The molecule has 0 atom stereocenters. The second-order valence-corrected chi connectivity index (χ2v) is 5.99. The number of nitrogens with zero attached hydrogens (tertiary/aromatic N) is 1. The number of carbonyl (C=O) groups excluding carboxylic acids is 1. The summed E-state index contributed by atoms with van der Waals surface area (Å²) in [6.45, 7) is 4.37. The summed E-state index contributed by atoms with van der Waals surface area (Å²) in [6, 6.07) is 14.2. The Morgan fingerprint density at radius 3 is 2.42 bits per heavy atom. The third-order valence-corrected chi connectivity index (χ3v) is 3.77. The lowest BCUT2D eigenvalue weighted by Crippen LogP contribution is -2.39. The molecule has 1 heterocycles.